The lowest BCUT2D eigenvalue weighted by Crippen LogP contribution is -2.08. The molecular formula is C22H17ClFNO3. The van der Waals surface area contributed by atoms with E-state index in [2.05, 4.69) is 5.32 Å². The second-order valence-electron chi connectivity index (χ2n) is 6.18. The number of anilines is 2. The van der Waals surface area contributed by atoms with Gasteiger partial charge < -0.3 is 10.1 Å². The van der Waals surface area contributed by atoms with E-state index >= 15 is 0 Å². The Hall–Kier alpha value is -3.18. The Kier molecular flexibility index (Phi) is 5.76. The summed E-state index contributed by atoms with van der Waals surface area (Å²) in [5.41, 5.74) is 2.86. The number of rotatable bonds is 5. The van der Waals surface area contributed by atoms with Crippen LogP contribution in [0.25, 0.3) is 0 Å². The summed E-state index contributed by atoms with van der Waals surface area (Å²) in [5, 5.41) is 3.28. The monoisotopic (exact) mass is 397 g/mol. The normalized spacial score (nSPS) is 10.4. The van der Waals surface area contributed by atoms with E-state index in [4.69, 9.17) is 16.3 Å². The highest BCUT2D eigenvalue weighted by molar-refractivity contribution is 6.35. The van der Waals surface area contributed by atoms with E-state index in [9.17, 15) is 14.0 Å². The molecule has 3 aromatic rings. The predicted octanol–water partition coefficient (Wildman–Crippen LogP) is 5.55. The highest BCUT2D eigenvalue weighted by atomic mass is 35.5. The topological polar surface area (TPSA) is 55.4 Å². The smallest absolute Gasteiger partial charge is 0.337 e. The molecule has 4 nitrogen and oxygen atoms in total. The number of esters is 1. The number of ether oxygens (including phenoxy) is 1. The molecule has 1 N–H and O–H groups in total. The summed E-state index contributed by atoms with van der Waals surface area (Å²) in [6.45, 7) is 1.78. The Labute approximate surface area is 166 Å². The molecule has 0 amide bonds. The van der Waals surface area contributed by atoms with Crippen molar-refractivity contribution in [2.75, 3.05) is 12.4 Å². The molecule has 28 heavy (non-hydrogen) atoms. The van der Waals surface area contributed by atoms with Gasteiger partial charge in [-0.25, -0.2) is 9.18 Å². The van der Waals surface area contributed by atoms with Gasteiger partial charge in [0.2, 0.25) is 0 Å². The van der Waals surface area contributed by atoms with Gasteiger partial charge in [0.05, 0.1) is 17.7 Å². The first kappa shape index (κ1) is 19.6. The molecule has 0 atom stereocenters. The van der Waals surface area contributed by atoms with Gasteiger partial charge in [-0.05, 0) is 61.0 Å². The highest BCUT2D eigenvalue weighted by Crippen LogP contribution is 2.27. The number of nitrogens with one attached hydrogen (secondary N) is 1. The molecule has 0 saturated heterocycles. The molecule has 0 aliphatic rings. The van der Waals surface area contributed by atoms with Crippen LogP contribution in [0.3, 0.4) is 0 Å². The van der Waals surface area contributed by atoms with Crippen molar-refractivity contribution in [1.82, 2.24) is 0 Å². The lowest BCUT2D eigenvalue weighted by Gasteiger charge is -2.11. The fourth-order valence-electron chi connectivity index (χ4n) is 2.77. The largest absolute Gasteiger partial charge is 0.465 e. The summed E-state index contributed by atoms with van der Waals surface area (Å²) in [7, 11) is 1.28. The maximum atomic E-state index is 13.3. The molecule has 6 heteroatoms. The van der Waals surface area contributed by atoms with Crippen molar-refractivity contribution in [2.24, 2.45) is 0 Å². The zero-order chi connectivity index (χ0) is 20.3. The van der Waals surface area contributed by atoms with Crippen LogP contribution in [0.2, 0.25) is 5.02 Å². The molecule has 0 aliphatic heterocycles. The van der Waals surface area contributed by atoms with Gasteiger partial charge in [0.15, 0.2) is 5.78 Å². The maximum Gasteiger partial charge on any atom is 0.337 e. The first-order valence-corrected chi connectivity index (χ1v) is 8.82. The predicted molar refractivity (Wildman–Crippen MR) is 107 cm³/mol. The van der Waals surface area contributed by atoms with Gasteiger partial charge in [0, 0.05) is 22.5 Å². The van der Waals surface area contributed by atoms with Crippen LogP contribution in [0, 0.1) is 12.7 Å². The van der Waals surface area contributed by atoms with Crippen molar-refractivity contribution in [3.63, 3.8) is 0 Å². The summed E-state index contributed by atoms with van der Waals surface area (Å²) in [6, 6.07) is 15.7. The second-order valence-corrected chi connectivity index (χ2v) is 6.59. The molecule has 142 valence electrons. The van der Waals surface area contributed by atoms with E-state index in [-0.39, 0.29) is 22.2 Å². The number of hydrogen-bond donors (Lipinski definition) is 1. The molecule has 0 radical (unpaired) electrons. The highest BCUT2D eigenvalue weighted by Gasteiger charge is 2.18. The van der Waals surface area contributed by atoms with E-state index in [1.54, 1.807) is 49.4 Å². The number of ketones is 1. The van der Waals surface area contributed by atoms with E-state index < -0.39 is 5.97 Å². The molecule has 0 spiro atoms. The Morgan fingerprint density at radius 1 is 0.964 bits per heavy atom. The zero-order valence-corrected chi connectivity index (χ0v) is 16.0. The van der Waals surface area contributed by atoms with Crippen LogP contribution in [0.1, 0.15) is 31.8 Å². The third-order valence-electron chi connectivity index (χ3n) is 4.23. The van der Waals surface area contributed by atoms with E-state index in [1.807, 2.05) is 0 Å². The summed E-state index contributed by atoms with van der Waals surface area (Å²) in [4.78, 5) is 24.7. The van der Waals surface area contributed by atoms with Crippen LogP contribution in [-0.2, 0) is 4.74 Å². The van der Waals surface area contributed by atoms with Crippen LogP contribution in [0.15, 0.2) is 60.7 Å². The number of benzene rings is 3. The van der Waals surface area contributed by atoms with E-state index in [1.165, 1.54) is 25.3 Å². The number of hydrogen-bond acceptors (Lipinski definition) is 4. The molecule has 0 aliphatic carbocycles. The number of carbonyl (C=O) groups excluding carboxylic acids is 2. The van der Waals surface area contributed by atoms with Crippen LogP contribution in [0.5, 0.6) is 0 Å². The summed E-state index contributed by atoms with van der Waals surface area (Å²) in [6.07, 6.45) is 0. The number of carbonyl (C=O) groups is 2. The molecule has 0 fully saturated rings. The van der Waals surface area contributed by atoms with E-state index in [0.29, 0.717) is 22.5 Å². The number of halogens is 2. The standard InChI is InChI=1S/C22H17ClFNO3/c1-13-6-7-14(22(27)28-2)10-19(13)21(26)18-9-8-17(12-20(18)23)25-16-5-3-4-15(24)11-16/h3-12,25H,1-2H3. The summed E-state index contributed by atoms with van der Waals surface area (Å²) < 4.78 is 18.0. The maximum absolute atomic E-state index is 13.3. The van der Waals surface area contributed by atoms with Gasteiger partial charge >= 0.3 is 5.97 Å². The van der Waals surface area contributed by atoms with Gasteiger partial charge in [0.1, 0.15) is 5.82 Å². The van der Waals surface area contributed by atoms with E-state index in [0.717, 1.165) is 5.56 Å². The van der Waals surface area contributed by atoms with Crippen molar-refractivity contribution < 1.29 is 18.7 Å². The summed E-state index contributed by atoms with van der Waals surface area (Å²) >= 11 is 6.33. The Morgan fingerprint density at radius 3 is 2.39 bits per heavy atom. The fourth-order valence-corrected chi connectivity index (χ4v) is 3.03. The average molecular weight is 398 g/mol. The molecule has 3 aromatic carbocycles. The molecule has 0 aromatic heterocycles. The van der Waals surface area contributed by atoms with Crippen molar-refractivity contribution in [3.8, 4) is 0 Å². The van der Waals surface area contributed by atoms with Crippen LogP contribution < -0.4 is 5.32 Å². The minimum absolute atomic E-state index is 0.245. The van der Waals surface area contributed by atoms with Gasteiger partial charge in [-0.2, -0.15) is 0 Å². The average Bonchev–Trinajstić information content (AvgIpc) is 2.67. The van der Waals surface area contributed by atoms with Crippen LogP contribution in [-0.4, -0.2) is 18.9 Å². The van der Waals surface area contributed by atoms with Crippen molar-refractivity contribution in [3.05, 3.63) is 93.8 Å². The van der Waals surface area contributed by atoms with Gasteiger partial charge in [0.25, 0.3) is 0 Å². The first-order chi connectivity index (χ1) is 13.4. The third-order valence-corrected chi connectivity index (χ3v) is 4.54. The van der Waals surface area contributed by atoms with Crippen molar-refractivity contribution in [1.29, 1.82) is 0 Å². The number of aryl methyl sites for hydroxylation is 1. The minimum Gasteiger partial charge on any atom is -0.465 e. The van der Waals surface area contributed by atoms with Gasteiger partial charge in [-0.3, -0.25) is 4.79 Å². The van der Waals surface area contributed by atoms with Crippen molar-refractivity contribution >= 4 is 34.7 Å². The number of methoxy groups -OCH3 is 1. The lowest BCUT2D eigenvalue weighted by atomic mass is 9.96. The molecule has 0 saturated carbocycles. The van der Waals surface area contributed by atoms with Gasteiger partial charge in [-0.15, -0.1) is 0 Å². The Balaban J connectivity index is 1.90. The first-order valence-electron chi connectivity index (χ1n) is 8.45. The molecule has 0 heterocycles. The molecule has 0 bridgehead atoms. The molecular weight excluding hydrogens is 381 g/mol. The Bertz CT molecular complexity index is 1070. The minimum atomic E-state index is -0.519. The zero-order valence-electron chi connectivity index (χ0n) is 15.3. The molecule has 0 unspecified atom stereocenters. The lowest BCUT2D eigenvalue weighted by molar-refractivity contribution is 0.0600. The molecule has 3 rings (SSSR count). The third kappa shape index (κ3) is 4.21. The van der Waals surface area contributed by atoms with Crippen LogP contribution in [0.4, 0.5) is 15.8 Å². The quantitative estimate of drug-likeness (QED) is 0.453. The fraction of sp³-hybridized carbons (Fsp3) is 0.0909. The van der Waals surface area contributed by atoms with Crippen LogP contribution >= 0.6 is 11.6 Å². The second kappa shape index (κ2) is 8.23. The Morgan fingerprint density at radius 2 is 1.71 bits per heavy atom. The summed E-state index contributed by atoms with van der Waals surface area (Å²) in [5.74, 6) is -1.18. The van der Waals surface area contributed by atoms with Gasteiger partial charge in [-0.1, -0.05) is 23.7 Å². The van der Waals surface area contributed by atoms with Crippen molar-refractivity contribution in [2.45, 2.75) is 6.92 Å². The SMILES string of the molecule is COC(=O)c1ccc(C)c(C(=O)c2ccc(Nc3cccc(F)c3)cc2Cl)c1.